The molecule has 0 saturated heterocycles. The number of para-hydroxylation sites is 1. The van der Waals surface area contributed by atoms with E-state index in [0.717, 1.165) is 16.9 Å². The van der Waals surface area contributed by atoms with Gasteiger partial charge in [0, 0.05) is 11.6 Å². The van der Waals surface area contributed by atoms with Crippen LogP contribution in [0.25, 0.3) is 10.9 Å². The van der Waals surface area contributed by atoms with E-state index in [0.29, 0.717) is 35.5 Å². The van der Waals surface area contributed by atoms with E-state index >= 15 is 0 Å². The Balaban J connectivity index is 1.78. The van der Waals surface area contributed by atoms with E-state index < -0.39 is 11.4 Å². The van der Waals surface area contributed by atoms with Crippen LogP contribution in [-0.2, 0) is 6.54 Å². The molecule has 2 aromatic carbocycles. The number of hydrogen-bond donors (Lipinski definition) is 0. The fourth-order valence-electron chi connectivity index (χ4n) is 2.83. The van der Waals surface area contributed by atoms with E-state index in [1.54, 1.807) is 12.1 Å². The Hall–Kier alpha value is -2.53. The van der Waals surface area contributed by atoms with Crippen LogP contribution in [0.1, 0.15) is 17.5 Å². The summed E-state index contributed by atoms with van der Waals surface area (Å²) in [5.41, 5.74) is 1.98. The van der Waals surface area contributed by atoms with E-state index in [1.807, 2.05) is 32.0 Å². The minimum atomic E-state index is -0.675. The lowest BCUT2D eigenvalue weighted by Crippen LogP contribution is -2.25. The van der Waals surface area contributed by atoms with Crippen LogP contribution in [0.15, 0.2) is 50.4 Å². The van der Waals surface area contributed by atoms with Crippen molar-refractivity contribution < 1.29 is 9.15 Å². The highest BCUT2D eigenvalue weighted by Crippen LogP contribution is 2.22. The molecule has 25 heavy (non-hydrogen) atoms. The molecule has 0 radical (unpaired) electrons. The lowest BCUT2D eigenvalue weighted by atomic mass is 10.1. The van der Waals surface area contributed by atoms with Crippen LogP contribution in [0.3, 0.4) is 0 Å². The molecule has 0 aliphatic carbocycles. The molecule has 0 bridgehead atoms. The molecule has 0 aliphatic heterocycles. The van der Waals surface area contributed by atoms with Crippen molar-refractivity contribution in [3.8, 4) is 5.75 Å². The highest BCUT2D eigenvalue weighted by molar-refractivity contribution is 6.31. The van der Waals surface area contributed by atoms with E-state index in [4.69, 9.17) is 20.8 Å². The topological polar surface area (TPSA) is 61.4 Å². The molecule has 130 valence electrons. The van der Waals surface area contributed by atoms with Gasteiger partial charge in [0.25, 0.3) is 0 Å². The van der Waals surface area contributed by atoms with Gasteiger partial charge in [-0.25, -0.2) is 9.59 Å². The average molecular weight is 360 g/mol. The van der Waals surface area contributed by atoms with Gasteiger partial charge in [-0.2, -0.15) is 0 Å². The molecule has 0 saturated carbocycles. The Bertz CT molecular complexity index is 1020. The molecule has 0 aliphatic rings. The number of halogens is 1. The summed E-state index contributed by atoms with van der Waals surface area (Å²) in [5, 5.41) is 0.714. The molecule has 1 aromatic heterocycles. The average Bonchev–Trinajstić information content (AvgIpc) is 2.56. The maximum atomic E-state index is 12.0. The molecular formula is C19H18ClNO4. The molecule has 0 N–H and O–H groups in total. The van der Waals surface area contributed by atoms with Gasteiger partial charge in [0.05, 0.1) is 17.5 Å². The SMILES string of the molecule is Cc1cccc(C)c1OCCCn1c(=O)oc(=O)c2cc(Cl)ccc21. The van der Waals surface area contributed by atoms with Gasteiger partial charge in [-0.3, -0.25) is 4.57 Å². The number of rotatable bonds is 5. The normalized spacial score (nSPS) is 11.0. The van der Waals surface area contributed by atoms with Gasteiger partial charge >= 0.3 is 11.4 Å². The zero-order chi connectivity index (χ0) is 18.0. The molecule has 0 spiro atoms. The van der Waals surface area contributed by atoms with E-state index in [9.17, 15) is 9.59 Å². The van der Waals surface area contributed by atoms with Gasteiger partial charge < -0.3 is 9.15 Å². The minimum absolute atomic E-state index is 0.294. The lowest BCUT2D eigenvalue weighted by molar-refractivity contribution is 0.293. The number of ether oxygens (including phenoxy) is 1. The predicted molar refractivity (Wildman–Crippen MR) is 97.8 cm³/mol. The third-order valence-electron chi connectivity index (χ3n) is 4.05. The second kappa shape index (κ2) is 7.15. The number of fused-ring (bicyclic) bond motifs is 1. The van der Waals surface area contributed by atoms with Crippen LogP contribution in [0.4, 0.5) is 0 Å². The quantitative estimate of drug-likeness (QED) is 0.652. The summed E-state index contributed by atoms with van der Waals surface area (Å²) >= 11 is 5.92. The zero-order valence-corrected chi connectivity index (χ0v) is 14.8. The molecule has 0 atom stereocenters. The van der Waals surface area contributed by atoms with Crippen molar-refractivity contribution in [2.24, 2.45) is 0 Å². The number of aryl methyl sites for hydroxylation is 3. The monoisotopic (exact) mass is 359 g/mol. The fourth-order valence-corrected chi connectivity index (χ4v) is 3.00. The summed E-state index contributed by atoms with van der Waals surface area (Å²) in [6.07, 6.45) is 0.596. The number of nitrogens with zero attached hydrogens (tertiary/aromatic N) is 1. The molecule has 1 heterocycles. The van der Waals surface area contributed by atoms with Crippen molar-refractivity contribution in [2.45, 2.75) is 26.8 Å². The summed E-state index contributed by atoms with van der Waals surface area (Å²) in [7, 11) is 0. The van der Waals surface area contributed by atoms with Crippen LogP contribution in [0.5, 0.6) is 5.75 Å². The second-order valence-corrected chi connectivity index (χ2v) is 6.33. The Morgan fingerprint density at radius 1 is 1.12 bits per heavy atom. The standard InChI is InChI=1S/C19H18ClNO4/c1-12-5-3-6-13(2)17(12)24-10-4-9-21-16-8-7-14(20)11-15(16)18(22)25-19(21)23/h3,5-8,11H,4,9-10H2,1-2H3. The van der Waals surface area contributed by atoms with Crippen LogP contribution in [0.2, 0.25) is 5.02 Å². The summed E-state index contributed by atoms with van der Waals surface area (Å²) in [5.74, 6) is 0.193. The summed E-state index contributed by atoms with van der Waals surface area (Å²) < 4.78 is 12.1. The molecular weight excluding hydrogens is 342 g/mol. The van der Waals surface area contributed by atoms with Gasteiger partial charge in [0.15, 0.2) is 0 Å². The maximum Gasteiger partial charge on any atom is 0.422 e. The Kier molecular flexibility index (Phi) is 4.95. The predicted octanol–water partition coefficient (Wildman–Crippen LogP) is 3.69. The van der Waals surface area contributed by atoms with Gasteiger partial charge in [-0.1, -0.05) is 29.8 Å². The van der Waals surface area contributed by atoms with E-state index in [-0.39, 0.29) is 0 Å². The van der Waals surface area contributed by atoms with Gasteiger partial charge in [0.2, 0.25) is 0 Å². The molecule has 5 nitrogen and oxygen atoms in total. The molecule has 3 aromatic rings. The summed E-state index contributed by atoms with van der Waals surface area (Å²) in [4.78, 5) is 23.9. The first-order chi connectivity index (χ1) is 12.0. The van der Waals surface area contributed by atoms with Crippen molar-refractivity contribution in [3.63, 3.8) is 0 Å². The fraction of sp³-hybridized carbons (Fsp3) is 0.263. The first-order valence-corrected chi connectivity index (χ1v) is 8.37. The summed E-state index contributed by atoms with van der Waals surface area (Å²) in [6.45, 7) is 4.82. The first-order valence-electron chi connectivity index (χ1n) is 7.99. The molecule has 0 unspecified atom stereocenters. The van der Waals surface area contributed by atoms with Crippen molar-refractivity contribution in [2.75, 3.05) is 6.61 Å². The number of hydrogen-bond acceptors (Lipinski definition) is 4. The highest BCUT2D eigenvalue weighted by atomic mass is 35.5. The van der Waals surface area contributed by atoms with Gasteiger partial charge in [-0.15, -0.1) is 0 Å². The highest BCUT2D eigenvalue weighted by Gasteiger charge is 2.10. The first kappa shape index (κ1) is 17.3. The van der Waals surface area contributed by atoms with Crippen molar-refractivity contribution in [3.05, 3.63) is 73.5 Å². The van der Waals surface area contributed by atoms with Crippen LogP contribution in [-0.4, -0.2) is 11.2 Å². The van der Waals surface area contributed by atoms with Crippen molar-refractivity contribution >= 4 is 22.5 Å². The zero-order valence-electron chi connectivity index (χ0n) is 14.0. The Labute approximate surface area is 149 Å². The molecule has 0 fully saturated rings. The van der Waals surface area contributed by atoms with E-state index in [2.05, 4.69) is 0 Å². The largest absolute Gasteiger partial charge is 0.493 e. The lowest BCUT2D eigenvalue weighted by Gasteiger charge is -2.13. The van der Waals surface area contributed by atoms with Crippen molar-refractivity contribution in [1.29, 1.82) is 0 Å². The third-order valence-corrected chi connectivity index (χ3v) is 4.29. The van der Waals surface area contributed by atoms with Gasteiger partial charge in [-0.05, 0) is 49.6 Å². The maximum absolute atomic E-state index is 12.0. The third kappa shape index (κ3) is 3.61. The minimum Gasteiger partial charge on any atom is -0.493 e. The van der Waals surface area contributed by atoms with Crippen LogP contribution in [0, 0.1) is 13.8 Å². The second-order valence-electron chi connectivity index (χ2n) is 5.89. The number of aromatic nitrogens is 1. The Morgan fingerprint density at radius 3 is 2.56 bits per heavy atom. The number of benzene rings is 2. The van der Waals surface area contributed by atoms with Gasteiger partial charge in [0.1, 0.15) is 5.75 Å². The molecule has 0 amide bonds. The summed E-state index contributed by atoms with van der Waals surface area (Å²) in [6, 6.07) is 10.8. The van der Waals surface area contributed by atoms with Crippen molar-refractivity contribution in [1.82, 2.24) is 4.57 Å². The smallest absolute Gasteiger partial charge is 0.422 e. The van der Waals surface area contributed by atoms with Crippen LogP contribution >= 0.6 is 11.6 Å². The molecule has 6 heteroatoms. The van der Waals surface area contributed by atoms with E-state index in [1.165, 1.54) is 10.6 Å². The molecule has 3 rings (SSSR count). The Morgan fingerprint density at radius 2 is 1.84 bits per heavy atom. The van der Waals surface area contributed by atoms with Crippen LogP contribution < -0.4 is 16.1 Å².